The molecule has 0 spiro atoms. The number of likely N-dealkylation sites (N-methyl/N-ethyl adjacent to an activating group) is 1. The minimum Gasteiger partial charge on any atom is -0.459 e. The maximum absolute atomic E-state index is 14.0. The number of hydrogen-bond donors (Lipinski definition) is 4. The van der Waals surface area contributed by atoms with Gasteiger partial charge in [-0.25, -0.2) is 4.79 Å². The van der Waals surface area contributed by atoms with E-state index < -0.39 is 83.7 Å². The van der Waals surface area contributed by atoms with Crippen molar-refractivity contribution in [2.24, 2.45) is 23.7 Å². The van der Waals surface area contributed by atoms with Crippen LogP contribution in [0.5, 0.6) is 0 Å². The minimum atomic E-state index is -1.99. The molecule has 4 N–H and O–H groups in total. The molecule has 302 valence electrons. The predicted molar refractivity (Wildman–Crippen MR) is 199 cm³/mol. The van der Waals surface area contributed by atoms with Crippen LogP contribution in [-0.4, -0.2) is 126 Å². The average Bonchev–Trinajstić information content (AvgIpc) is 3.11. The molecule has 14 atom stereocenters. The van der Waals surface area contributed by atoms with E-state index in [4.69, 9.17) is 35.3 Å². The van der Waals surface area contributed by atoms with Crippen molar-refractivity contribution in [3.8, 4) is 0 Å². The van der Waals surface area contributed by atoms with E-state index in [1.54, 1.807) is 40.7 Å². The number of halogens is 1. The summed E-state index contributed by atoms with van der Waals surface area (Å²) in [7, 11) is 5.19. The topological polar surface area (TPSA) is 173 Å². The summed E-state index contributed by atoms with van der Waals surface area (Å²) in [5.74, 6) is -4.88. The number of amides is 1. The van der Waals surface area contributed by atoms with Crippen molar-refractivity contribution in [2.75, 3.05) is 27.7 Å². The number of methoxy groups -OCH3 is 1. The first-order chi connectivity index (χ1) is 24.7. The molecule has 2 aliphatic rings. The Morgan fingerprint density at radius 2 is 1.72 bits per heavy atom. The summed E-state index contributed by atoms with van der Waals surface area (Å²) in [5.41, 5.74) is -2.47. The largest absolute Gasteiger partial charge is 0.459 e. The number of ether oxygens (including phenoxy) is 5. The lowest BCUT2D eigenvalue weighted by molar-refractivity contribution is -0.301. The summed E-state index contributed by atoms with van der Waals surface area (Å²) in [4.78, 5) is 43.3. The van der Waals surface area contributed by atoms with E-state index >= 15 is 0 Å². The number of carbonyl (C=O) groups is 3. The lowest BCUT2D eigenvalue weighted by atomic mass is 9.74. The normalized spacial score (nSPS) is 39.2. The van der Waals surface area contributed by atoms with E-state index in [1.165, 1.54) is 21.0 Å². The third-order valence-electron chi connectivity index (χ3n) is 11.3. The average molecular weight is 771 g/mol. The molecule has 2 saturated heterocycles. The van der Waals surface area contributed by atoms with Crippen LogP contribution in [0.3, 0.4) is 0 Å². The number of carbonyl (C=O) groups excluding carboxylic acids is 3. The second-order valence-corrected chi connectivity index (χ2v) is 16.1. The van der Waals surface area contributed by atoms with Gasteiger partial charge in [0.2, 0.25) is 0 Å². The summed E-state index contributed by atoms with van der Waals surface area (Å²) in [6, 6.07) is 6.97. The van der Waals surface area contributed by atoms with Gasteiger partial charge in [-0.05, 0) is 79.1 Å². The lowest BCUT2D eigenvalue weighted by Gasteiger charge is -2.48. The van der Waals surface area contributed by atoms with Gasteiger partial charge in [0.25, 0.3) is 0 Å². The molecule has 1 aromatic rings. The number of benzene rings is 1. The summed E-state index contributed by atoms with van der Waals surface area (Å²) in [6.07, 6.45) is -7.21. The number of ketones is 1. The highest BCUT2D eigenvalue weighted by atomic mass is 35.5. The SMILES string of the molecule is CC[C@H]1OC(=O)[C@H](C)[C@@H](OC(=O)NCCc2ccccc2Cl)[C@H](C)[C@@H](O[C@@H]2O[C@H](C)C[C@H](N(C)C)[C@H]2O)[C@](C)(OC)C[C@@H](C)C(=O)[C@H](C)[C@@H](O)[C@]1(C)O. The van der Waals surface area contributed by atoms with Gasteiger partial charge in [-0.1, -0.05) is 57.5 Å². The number of alkyl carbamates (subject to hydrolysis) is 1. The van der Waals surface area contributed by atoms with Crippen LogP contribution in [0.4, 0.5) is 4.79 Å². The summed E-state index contributed by atoms with van der Waals surface area (Å²) in [6.45, 7) is 13.4. The molecule has 2 fully saturated rings. The smallest absolute Gasteiger partial charge is 0.407 e. The van der Waals surface area contributed by atoms with E-state index in [9.17, 15) is 29.7 Å². The van der Waals surface area contributed by atoms with E-state index in [0.717, 1.165) is 5.56 Å². The predicted octanol–water partition coefficient (Wildman–Crippen LogP) is 4.14. The summed E-state index contributed by atoms with van der Waals surface area (Å²) >= 11 is 6.31. The molecule has 13 nitrogen and oxygen atoms in total. The zero-order chi connectivity index (χ0) is 40.0. The molecule has 0 radical (unpaired) electrons. The minimum absolute atomic E-state index is 0.0683. The first-order valence-electron chi connectivity index (χ1n) is 18.7. The maximum atomic E-state index is 14.0. The second kappa shape index (κ2) is 19.0. The zero-order valence-corrected chi connectivity index (χ0v) is 34.0. The van der Waals surface area contributed by atoms with E-state index in [0.29, 0.717) is 17.9 Å². The highest BCUT2D eigenvalue weighted by Gasteiger charge is 2.53. The van der Waals surface area contributed by atoms with Crippen LogP contribution in [0.15, 0.2) is 24.3 Å². The first kappa shape index (κ1) is 45.0. The van der Waals surface area contributed by atoms with Gasteiger partial charge in [0.1, 0.15) is 29.7 Å². The third kappa shape index (κ3) is 10.7. The van der Waals surface area contributed by atoms with Crippen LogP contribution in [0.2, 0.25) is 5.02 Å². The number of cyclic esters (lactones) is 1. The van der Waals surface area contributed by atoms with Crippen LogP contribution in [-0.2, 0) is 39.7 Å². The van der Waals surface area contributed by atoms with Crippen molar-refractivity contribution < 1.29 is 53.4 Å². The Labute approximate surface area is 320 Å². The molecule has 0 aromatic heterocycles. The number of Topliss-reactive ketones (excluding diaryl/α,β-unsaturated/α-hetero) is 1. The Balaban J connectivity index is 2.12. The van der Waals surface area contributed by atoms with Crippen molar-refractivity contribution >= 4 is 29.4 Å². The Kier molecular flexibility index (Phi) is 16.1. The molecule has 0 saturated carbocycles. The molecule has 2 aliphatic heterocycles. The van der Waals surface area contributed by atoms with Crippen LogP contribution in [0.25, 0.3) is 0 Å². The highest BCUT2D eigenvalue weighted by molar-refractivity contribution is 6.31. The Morgan fingerprint density at radius 1 is 1.08 bits per heavy atom. The van der Waals surface area contributed by atoms with Gasteiger partial charge in [0.05, 0.1) is 29.8 Å². The number of hydrogen-bond acceptors (Lipinski definition) is 12. The molecular formula is C39H63ClN2O11. The number of nitrogens with zero attached hydrogens (tertiary/aromatic N) is 1. The molecule has 1 aromatic carbocycles. The third-order valence-corrected chi connectivity index (χ3v) is 11.7. The quantitative estimate of drug-likeness (QED) is 0.265. The molecule has 0 aliphatic carbocycles. The monoisotopic (exact) mass is 770 g/mol. The van der Waals surface area contributed by atoms with Crippen molar-refractivity contribution in [1.29, 1.82) is 0 Å². The van der Waals surface area contributed by atoms with Gasteiger partial charge in [0.15, 0.2) is 6.29 Å². The Morgan fingerprint density at radius 3 is 2.30 bits per heavy atom. The number of nitrogens with one attached hydrogen (secondary N) is 1. The van der Waals surface area contributed by atoms with Crippen molar-refractivity contribution in [1.82, 2.24) is 10.2 Å². The number of rotatable bonds is 9. The Bertz CT molecular complexity index is 1380. The number of aliphatic hydroxyl groups excluding tert-OH is 2. The van der Waals surface area contributed by atoms with Crippen molar-refractivity contribution in [3.05, 3.63) is 34.9 Å². The molecule has 53 heavy (non-hydrogen) atoms. The maximum Gasteiger partial charge on any atom is 0.407 e. The van der Waals surface area contributed by atoms with E-state index in [-0.39, 0.29) is 37.3 Å². The fourth-order valence-corrected chi connectivity index (χ4v) is 8.18. The van der Waals surface area contributed by atoms with Crippen molar-refractivity contribution in [2.45, 2.75) is 141 Å². The van der Waals surface area contributed by atoms with Gasteiger partial charge in [-0.15, -0.1) is 0 Å². The van der Waals surface area contributed by atoms with Gasteiger partial charge >= 0.3 is 12.1 Å². The number of esters is 1. The molecule has 2 heterocycles. The van der Waals surface area contributed by atoms with Crippen molar-refractivity contribution in [3.63, 3.8) is 0 Å². The standard InChI is InChI=1S/C39H63ClN2O11/c1-12-29-39(8,48)33(45)23(4)30(43)21(2)20-38(7,49-11)34(53-36-31(44)28(42(9)10)19-22(3)50-36)24(5)32(25(6)35(46)51-29)52-37(47)41-18-17-26-15-13-14-16-27(26)40/h13-16,21-25,28-29,31-34,36,44-45,48H,12,17-20H2,1-11H3,(H,41,47)/t21-,22-,23+,24+,25-,28+,29-,31-,32+,33-,34-,36+,38-,39-/m1/s1. The van der Waals surface area contributed by atoms with Crippen LogP contribution >= 0.6 is 11.6 Å². The highest BCUT2D eigenvalue weighted by Crippen LogP contribution is 2.40. The van der Waals surface area contributed by atoms with Crippen LogP contribution < -0.4 is 5.32 Å². The molecule has 0 unspecified atom stereocenters. The molecule has 3 rings (SSSR count). The molecular weight excluding hydrogens is 708 g/mol. The lowest BCUT2D eigenvalue weighted by Crippen LogP contribution is -2.60. The fourth-order valence-electron chi connectivity index (χ4n) is 7.95. The summed E-state index contributed by atoms with van der Waals surface area (Å²) in [5, 5.41) is 37.8. The first-order valence-corrected chi connectivity index (χ1v) is 19.1. The fraction of sp³-hybridized carbons (Fsp3) is 0.769. The summed E-state index contributed by atoms with van der Waals surface area (Å²) < 4.78 is 31.0. The zero-order valence-electron chi connectivity index (χ0n) is 33.2. The molecule has 0 bridgehead atoms. The molecule has 14 heteroatoms. The van der Waals surface area contributed by atoms with E-state index in [1.807, 2.05) is 44.1 Å². The van der Waals surface area contributed by atoms with Crippen LogP contribution in [0, 0.1) is 23.7 Å². The van der Waals surface area contributed by atoms with Gasteiger partial charge < -0.3 is 49.2 Å². The molecule has 1 amide bonds. The van der Waals surface area contributed by atoms with E-state index in [2.05, 4.69) is 5.32 Å². The van der Waals surface area contributed by atoms with Crippen LogP contribution in [0.1, 0.15) is 80.2 Å². The van der Waals surface area contributed by atoms with Gasteiger partial charge in [-0.2, -0.15) is 0 Å². The van der Waals surface area contributed by atoms with Gasteiger partial charge in [0, 0.05) is 42.5 Å². The number of aliphatic hydroxyl groups is 3. The van der Waals surface area contributed by atoms with Gasteiger partial charge in [-0.3, -0.25) is 9.59 Å². The Hall–Kier alpha value is -2.36. The second-order valence-electron chi connectivity index (χ2n) is 15.7.